The standard InChI is InChI=1S/C26H36N2O/c1-5-6-7-10-16-28(4)20-24(15-17-29)26-12-9-8-11-25(26)21(2)18-23-14-13-22(3)27-19-23/h8-9,11-13,15,17,19,23H,2,5-7,10,14,16,18,20H2,1,3-4H3/b24-15+. The minimum atomic E-state index is 0.388. The van der Waals surface area contributed by atoms with Crippen LogP contribution in [-0.2, 0) is 4.79 Å². The maximum absolute atomic E-state index is 11.4. The van der Waals surface area contributed by atoms with Crippen molar-refractivity contribution in [3.8, 4) is 0 Å². The van der Waals surface area contributed by atoms with Crippen molar-refractivity contribution < 1.29 is 4.79 Å². The molecule has 0 saturated carbocycles. The second-order valence-corrected chi connectivity index (χ2v) is 8.10. The molecule has 156 valence electrons. The molecule has 1 aliphatic heterocycles. The van der Waals surface area contributed by atoms with Gasteiger partial charge in [0.25, 0.3) is 0 Å². The van der Waals surface area contributed by atoms with Crippen molar-refractivity contribution in [2.45, 2.75) is 52.4 Å². The van der Waals surface area contributed by atoms with E-state index in [4.69, 9.17) is 0 Å². The number of rotatable bonds is 12. The van der Waals surface area contributed by atoms with E-state index in [9.17, 15) is 4.79 Å². The number of likely N-dealkylation sites (N-methyl/N-ethyl adjacent to an activating group) is 1. The first-order chi connectivity index (χ1) is 14.0. The lowest BCUT2D eigenvalue weighted by molar-refractivity contribution is -0.104. The van der Waals surface area contributed by atoms with E-state index in [-0.39, 0.29) is 0 Å². The molecular formula is C26H36N2O. The maximum Gasteiger partial charge on any atom is 0.143 e. The lowest BCUT2D eigenvalue weighted by Gasteiger charge is -2.22. The first-order valence-corrected chi connectivity index (χ1v) is 10.9. The number of aldehydes is 1. The number of hydrogen-bond donors (Lipinski definition) is 0. The molecule has 0 spiro atoms. The van der Waals surface area contributed by atoms with E-state index in [2.05, 4.69) is 60.9 Å². The zero-order chi connectivity index (χ0) is 21.1. The zero-order valence-electron chi connectivity index (χ0n) is 18.4. The molecule has 0 amide bonds. The van der Waals surface area contributed by atoms with Crippen LogP contribution in [0.4, 0.5) is 0 Å². The van der Waals surface area contributed by atoms with Crippen molar-refractivity contribution in [3.05, 3.63) is 59.8 Å². The van der Waals surface area contributed by atoms with Crippen LogP contribution in [0.1, 0.15) is 63.5 Å². The molecule has 1 unspecified atom stereocenters. The van der Waals surface area contributed by atoms with E-state index in [1.165, 1.54) is 25.7 Å². The summed E-state index contributed by atoms with van der Waals surface area (Å²) in [5, 5.41) is 0. The Morgan fingerprint density at radius 2 is 2.00 bits per heavy atom. The Balaban J connectivity index is 2.10. The van der Waals surface area contributed by atoms with Gasteiger partial charge in [-0.3, -0.25) is 9.79 Å². The van der Waals surface area contributed by atoms with E-state index in [1.807, 2.05) is 13.0 Å². The van der Waals surface area contributed by atoms with Crippen molar-refractivity contribution in [2.24, 2.45) is 10.9 Å². The molecule has 3 heteroatoms. The number of aliphatic imine (C=N–C) groups is 1. The summed E-state index contributed by atoms with van der Waals surface area (Å²) < 4.78 is 0. The van der Waals surface area contributed by atoms with Crippen LogP contribution >= 0.6 is 0 Å². The van der Waals surface area contributed by atoms with Crippen molar-refractivity contribution in [1.29, 1.82) is 0 Å². The van der Waals surface area contributed by atoms with Gasteiger partial charge in [0.15, 0.2) is 0 Å². The Bertz CT molecular complexity index is 773. The minimum Gasteiger partial charge on any atom is -0.302 e. The second kappa shape index (κ2) is 12.3. The third-order valence-corrected chi connectivity index (χ3v) is 5.47. The van der Waals surface area contributed by atoms with Crippen LogP contribution in [0.2, 0.25) is 0 Å². The Labute approximate surface area is 176 Å². The predicted octanol–water partition coefficient (Wildman–Crippen LogP) is 6.18. The summed E-state index contributed by atoms with van der Waals surface area (Å²) in [6.07, 6.45) is 13.7. The van der Waals surface area contributed by atoms with Crippen molar-refractivity contribution >= 4 is 23.6 Å². The van der Waals surface area contributed by atoms with Gasteiger partial charge in [-0.25, -0.2) is 0 Å². The summed E-state index contributed by atoms with van der Waals surface area (Å²) in [7, 11) is 2.13. The summed E-state index contributed by atoms with van der Waals surface area (Å²) in [5.41, 5.74) is 5.50. The van der Waals surface area contributed by atoms with Gasteiger partial charge in [0.2, 0.25) is 0 Å². The summed E-state index contributed by atoms with van der Waals surface area (Å²) in [5.74, 6) is 0.388. The molecule has 0 saturated heterocycles. The SMILES string of the molecule is C=C(CC1C=NC(C)=CC1)c1ccccc1/C(=C/C=O)CN(C)CCCCCC. The predicted molar refractivity (Wildman–Crippen MR) is 126 cm³/mol. The topological polar surface area (TPSA) is 32.7 Å². The van der Waals surface area contributed by atoms with Gasteiger partial charge >= 0.3 is 0 Å². The largest absolute Gasteiger partial charge is 0.302 e. The molecule has 1 aromatic rings. The number of unbranched alkanes of at least 4 members (excludes halogenated alkanes) is 3. The Kier molecular flexibility index (Phi) is 9.79. The van der Waals surface area contributed by atoms with Crippen LogP contribution < -0.4 is 0 Å². The highest BCUT2D eigenvalue weighted by Crippen LogP contribution is 2.30. The van der Waals surface area contributed by atoms with Gasteiger partial charge in [-0.15, -0.1) is 0 Å². The fourth-order valence-electron chi connectivity index (χ4n) is 3.78. The molecule has 3 nitrogen and oxygen atoms in total. The van der Waals surface area contributed by atoms with Crippen molar-refractivity contribution in [3.63, 3.8) is 0 Å². The molecule has 29 heavy (non-hydrogen) atoms. The lowest BCUT2D eigenvalue weighted by Crippen LogP contribution is -2.22. The summed E-state index contributed by atoms with van der Waals surface area (Å²) in [6.45, 7) is 10.5. The van der Waals surface area contributed by atoms with Gasteiger partial charge < -0.3 is 4.90 Å². The highest BCUT2D eigenvalue weighted by molar-refractivity contribution is 5.87. The zero-order valence-corrected chi connectivity index (χ0v) is 18.4. The Morgan fingerprint density at radius 1 is 1.24 bits per heavy atom. The van der Waals surface area contributed by atoms with Crippen molar-refractivity contribution in [2.75, 3.05) is 20.1 Å². The molecule has 1 heterocycles. The first-order valence-electron chi connectivity index (χ1n) is 10.9. The van der Waals surface area contributed by atoms with E-state index in [1.54, 1.807) is 6.08 Å². The number of benzene rings is 1. The number of carbonyl (C=O) groups is 1. The first kappa shape index (κ1) is 23.0. The molecule has 1 aromatic carbocycles. The van der Waals surface area contributed by atoms with Crippen LogP contribution in [-0.4, -0.2) is 37.5 Å². The molecule has 0 bridgehead atoms. The average molecular weight is 393 g/mol. The number of carbonyl (C=O) groups excluding carboxylic acids is 1. The average Bonchev–Trinajstić information content (AvgIpc) is 2.72. The highest BCUT2D eigenvalue weighted by Gasteiger charge is 2.16. The summed E-state index contributed by atoms with van der Waals surface area (Å²) in [4.78, 5) is 18.1. The molecule has 0 radical (unpaired) electrons. The molecule has 0 N–H and O–H groups in total. The summed E-state index contributed by atoms with van der Waals surface area (Å²) in [6, 6.07) is 8.33. The van der Waals surface area contributed by atoms with Crippen LogP contribution in [0.5, 0.6) is 0 Å². The molecule has 0 aliphatic carbocycles. The fraction of sp³-hybridized carbons (Fsp3) is 0.462. The van der Waals surface area contributed by atoms with Gasteiger partial charge in [0.05, 0.1) is 0 Å². The van der Waals surface area contributed by atoms with Gasteiger partial charge in [-0.1, -0.05) is 63.1 Å². The third-order valence-electron chi connectivity index (χ3n) is 5.47. The van der Waals surface area contributed by atoms with E-state index < -0.39 is 0 Å². The minimum absolute atomic E-state index is 0.388. The maximum atomic E-state index is 11.4. The highest BCUT2D eigenvalue weighted by atomic mass is 16.1. The van der Waals surface area contributed by atoms with E-state index in [0.29, 0.717) is 5.92 Å². The van der Waals surface area contributed by atoms with Gasteiger partial charge in [0, 0.05) is 24.4 Å². The second-order valence-electron chi connectivity index (χ2n) is 8.10. The quantitative estimate of drug-likeness (QED) is 0.242. The van der Waals surface area contributed by atoms with Gasteiger partial charge in [0.1, 0.15) is 6.29 Å². The molecule has 1 aliphatic rings. The molecule has 1 atom stereocenters. The summed E-state index contributed by atoms with van der Waals surface area (Å²) >= 11 is 0. The normalized spacial score (nSPS) is 16.8. The van der Waals surface area contributed by atoms with E-state index >= 15 is 0 Å². The van der Waals surface area contributed by atoms with Crippen LogP contribution in [0.25, 0.3) is 11.1 Å². The molecule has 0 fully saturated rings. The van der Waals surface area contributed by atoms with Crippen LogP contribution in [0.3, 0.4) is 0 Å². The Hall–Kier alpha value is -2.26. The number of hydrogen-bond acceptors (Lipinski definition) is 3. The fourth-order valence-corrected chi connectivity index (χ4v) is 3.78. The van der Waals surface area contributed by atoms with Crippen LogP contribution in [0, 0.1) is 5.92 Å². The van der Waals surface area contributed by atoms with Crippen LogP contribution in [0.15, 0.2) is 53.7 Å². The smallest absolute Gasteiger partial charge is 0.143 e. The monoisotopic (exact) mass is 392 g/mol. The third kappa shape index (κ3) is 7.58. The number of allylic oxidation sites excluding steroid dienone is 4. The molecule has 2 rings (SSSR count). The Morgan fingerprint density at radius 3 is 2.66 bits per heavy atom. The number of nitrogens with zero attached hydrogens (tertiary/aromatic N) is 2. The van der Waals surface area contributed by atoms with E-state index in [0.717, 1.165) is 60.2 Å². The molecular weight excluding hydrogens is 356 g/mol. The molecule has 0 aromatic heterocycles. The van der Waals surface area contributed by atoms with Gasteiger partial charge in [-0.05, 0) is 68.1 Å². The lowest BCUT2D eigenvalue weighted by atomic mass is 9.88. The van der Waals surface area contributed by atoms with Crippen molar-refractivity contribution in [1.82, 2.24) is 4.90 Å². The van der Waals surface area contributed by atoms with Gasteiger partial charge in [-0.2, -0.15) is 0 Å².